The molecule has 1 heterocycles. The van der Waals surface area contributed by atoms with Crippen LogP contribution < -0.4 is 5.32 Å². The minimum atomic E-state index is -0.910. The van der Waals surface area contributed by atoms with Gasteiger partial charge in [-0.15, -0.1) is 0 Å². The molecule has 1 atom stereocenters. The minimum absolute atomic E-state index is 0.395. The molecule has 0 spiro atoms. The molecule has 6 nitrogen and oxygen atoms in total. The number of aryl methyl sites for hydroxylation is 2. The van der Waals surface area contributed by atoms with Crippen molar-refractivity contribution < 1.29 is 14.3 Å². The second-order valence-electron chi connectivity index (χ2n) is 5.62. The summed E-state index contributed by atoms with van der Waals surface area (Å²) in [7, 11) is 1.84. The van der Waals surface area contributed by atoms with Crippen molar-refractivity contribution in [3.63, 3.8) is 0 Å². The van der Waals surface area contributed by atoms with Gasteiger partial charge in [-0.05, 0) is 45.0 Å². The Bertz CT molecular complexity index is 827. The lowest BCUT2D eigenvalue weighted by atomic mass is 10.2. The second-order valence-corrected chi connectivity index (χ2v) is 6.54. The molecule has 0 radical (unpaired) electrons. The summed E-state index contributed by atoms with van der Waals surface area (Å²) in [5.41, 5.74) is 3.26. The smallest absolute Gasteiger partial charge is 0.331 e. The number of nitrogens with zero attached hydrogens (tertiary/aromatic N) is 2. The van der Waals surface area contributed by atoms with Crippen LogP contribution in [-0.2, 0) is 21.4 Å². The maximum Gasteiger partial charge on any atom is 0.331 e. The first kappa shape index (κ1) is 18.9. The third kappa shape index (κ3) is 5.03. The van der Waals surface area contributed by atoms with Gasteiger partial charge >= 0.3 is 5.97 Å². The predicted molar refractivity (Wildman–Crippen MR) is 100 cm³/mol. The maximum atomic E-state index is 12.1. The van der Waals surface area contributed by atoms with Crippen LogP contribution in [-0.4, -0.2) is 27.8 Å². The average molecular weight is 406 g/mol. The molecule has 1 aromatic carbocycles. The SMILES string of the molecule is Cc1nn(C)c(C)c1/C=C/C(=O)O[C@@H](C)C(=O)Nc1cccc(Br)c1. The van der Waals surface area contributed by atoms with Gasteiger partial charge in [0.1, 0.15) is 0 Å². The highest BCUT2D eigenvalue weighted by molar-refractivity contribution is 9.10. The van der Waals surface area contributed by atoms with Gasteiger partial charge in [-0.1, -0.05) is 22.0 Å². The summed E-state index contributed by atoms with van der Waals surface area (Å²) in [6.45, 7) is 5.31. The van der Waals surface area contributed by atoms with Crippen molar-refractivity contribution in [1.29, 1.82) is 0 Å². The molecule has 1 N–H and O–H groups in total. The minimum Gasteiger partial charge on any atom is -0.449 e. The van der Waals surface area contributed by atoms with E-state index in [1.54, 1.807) is 29.0 Å². The van der Waals surface area contributed by atoms with E-state index in [1.807, 2.05) is 27.0 Å². The summed E-state index contributed by atoms with van der Waals surface area (Å²) in [6.07, 6.45) is 2.05. The number of hydrogen-bond acceptors (Lipinski definition) is 4. The summed E-state index contributed by atoms with van der Waals surface area (Å²) in [5.74, 6) is -0.979. The Morgan fingerprint density at radius 2 is 2.08 bits per heavy atom. The highest BCUT2D eigenvalue weighted by Gasteiger charge is 2.17. The first-order valence-electron chi connectivity index (χ1n) is 7.73. The van der Waals surface area contributed by atoms with Gasteiger partial charge < -0.3 is 10.1 Å². The molecular formula is C18H20BrN3O3. The molecule has 0 saturated carbocycles. The van der Waals surface area contributed by atoms with Crippen LogP contribution in [0.4, 0.5) is 5.69 Å². The van der Waals surface area contributed by atoms with Gasteiger partial charge in [0.25, 0.3) is 5.91 Å². The molecule has 2 aromatic rings. The molecule has 0 unspecified atom stereocenters. The van der Waals surface area contributed by atoms with Gasteiger partial charge in [-0.3, -0.25) is 9.48 Å². The van der Waals surface area contributed by atoms with Crippen LogP contribution >= 0.6 is 15.9 Å². The first-order chi connectivity index (χ1) is 11.8. The van der Waals surface area contributed by atoms with Gasteiger partial charge in [0.2, 0.25) is 0 Å². The Labute approximate surface area is 155 Å². The zero-order valence-electron chi connectivity index (χ0n) is 14.5. The van der Waals surface area contributed by atoms with Crippen LogP contribution in [0.15, 0.2) is 34.8 Å². The lowest BCUT2D eigenvalue weighted by Crippen LogP contribution is -2.29. The lowest BCUT2D eigenvalue weighted by molar-refractivity contribution is -0.148. The number of amides is 1. The van der Waals surface area contributed by atoms with Crippen molar-refractivity contribution in [1.82, 2.24) is 9.78 Å². The van der Waals surface area contributed by atoms with Gasteiger partial charge in [0.15, 0.2) is 6.10 Å². The van der Waals surface area contributed by atoms with Crippen molar-refractivity contribution in [3.8, 4) is 0 Å². The second kappa shape index (κ2) is 8.11. The number of ether oxygens (including phenoxy) is 1. The van der Waals surface area contributed by atoms with E-state index in [4.69, 9.17) is 4.74 Å². The predicted octanol–water partition coefficient (Wildman–Crippen LogP) is 3.38. The van der Waals surface area contributed by atoms with Gasteiger partial charge in [-0.2, -0.15) is 5.10 Å². The number of nitrogens with one attached hydrogen (secondary N) is 1. The third-order valence-corrected chi connectivity index (χ3v) is 4.20. The number of carbonyl (C=O) groups is 2. The van der Waals surface area contributed by atoms with Crippen molar-refractivity contribution in [2.45, 2.75) is 26.9 Å². The standard InChI is InChI=1S/C18H20BrN3O3/c1-11-16(12(2)22(4)21-11)8-9-17(23)25-13(3)18(24)20-15-7-5-6-14(19)10-15/h5-10,13H,1-4H3,(H,20,24)/b9-8+/t13-/m0/s1. The van der Waals surface area contributed by atoms with Gasteiger partial charge in [0.05, 0.1) is 5.69 Å². The van der Waals surface area contributed by atoms with Crippen molar-refractivity contribution in [3.05, 3.63) is 51.8 Å². The number of anilines is 1. The molecule has 25 heavy (non-hydrogen) atoms. The molecule has 1 aromatic heterocycles. The number of carbonyl (C=O) groups excluding carboxylic acids is 2. The normalized spacial score (nSPS) is 12.2. The summed E-state index contributed by atoms with van der Waals surface area (Å²) in [5, 5.41) is 6.98. The molecule has 0 fully saturated rings. The van der Waals surface area contributed by atoms with Gasteiger partial charge in [0, 0.05) is 34.5 Å². The number of rotatable bonds is 5. The molecular weight excluding hydrogens is 386 g/mol. The zero-order chi connectivity index (χ0) is 18.6. The fourth-order valence-corrected chi connectivity index (χ4v) is 2.66. The summed E-state index contributed by atoms with van der Waals surface area (Å²) < 4.78 is 7.74. The summed E-state index contributed by atoms with van der Waals surface area (Å²) in [6, 6.07) is 7.18. The quantitative estimate of drug-likeness (QED) is 0.611. The number of esters is 1. The Kier molecular flexibility index (Phi) is 6.14. The average Bonchev–Trinajstić information content (AvgIpc) is 2.78. The van der Waals surface area contributed by atoms with E-state index in [2.05, 4.69) is 26.3 Å². The van der Waals surface area contributed by atoms with E-state index in [-0.39, 0.29) is 0 Å². The molecule has 7 heteroatoms. The van der Waals surface area contributed by atoms with E-state index in [0.29, 0.717) is 5.69 Å². The van der Waals surface area contributed by atoms with Crippen LogP contribution in [0.1, 0.15) is 23.9 Å². The van der Waals surface area contributed by atoms with Crippen molar-refractivity contribution in [2.75, 3.05) is 5.32 Å². The lowest BCUT2D eigenvalue weighted by Gasteiger charge is -2.12. The van der Waals surface area contributed by atoms with Gasteiger partial charge in [-0.25, -0.2) is 4.79 Å². The van der Waals surface area contributed by atoms with Crippen molar-refractivity contribution >= 4 is 39.6 Å². The Morgan fingerprint density at radius 3 is 2.68 bits per heavy atom. The topological polar surface area (TPSA) is 73.2 Å². The summed E-state index contributed by atoms with van der Waals surface area (Å²) >= 11 is 3.33. The molecule has 0 aliphatic heterocycles. The van der Waals surface area contributed by atoms with Crippen LogP contribution in [0, 0.1) is 13.8 Å². The maximum absolute atomic E-state index is 12.1. The van der Waals surface area contributed by atoms with Crippen molar-refractivity contribution in [2.24, 2.45) is 7.05 Å². The Hall–Kier alpha value is -2.41. The number of benzene rings is 1. The monoisotopic (exact) mass is 405 g/mol. The number of aromatic nitrogens is 2. The first-order valence-corrected chi connectivity index (χ1v) is 8.52. The van der Waals surface area contributed by atoms with Crippen LogP contribution in [0.25, 0.3) is 6.08 Å². The Balaban J connectivity index is 1.95. The molecule has 0 saturated heterocycles. The highest BCUT2D eigenvalue weighted by Crippen LogP contribution is 2.16. The van der Waals surface area contributed by atoms with Crippen LogP contribution in [0.2, 0.25) is 0 Å². The molecule has 0 aliphatic rings. The number of hydrogen-bond donors (Lipinski definition) is 1. The molecule has 0 aliphatic carbocycles. The third-order valence-electron chi connectivity index (χ3n) is 3.71. The van der Waals surface area contributed by atoms with E-state index in [0.717, 1.165) is 21.4 Å². The van der Waals surface area contributed by atoms with E-state index in [9.17, 15) is 9.59 Å². The molecule has 1 amide bonds. The fourth-order valence-electron chi connectivity index (χ4n) is 2.26. The summed E-state index contributed by atoms with van der Waals surface area (Å²) in [4.78, 5) is 24.0. The van der Waals surface area contributed by atoms with E-state index >= 15 is 0 Å². The zero-order valence-corrected chi connectivity index (χ0v) is 16.1. The molecule has 0 bridgehead atoms. The number of halogens is 1. The molecule has 132 valence electrons. The Morgan fingerprint density at radius 1 is 1.36 bits per heavy atom. The largest absolute Gasteiger partial charge is 0.449 e. The fraction of sp³-hybridized carbons (Fsp3) is 0.278. The molecule has 2 rings (SSSR count). The van der Waals surface area contributed by atoms with Crippen LogP contribution in [0.5, 0.6) is 0 Å². The van der Waals surface area contributed by atoms with Crippen LogP contribution in [0.3, 0.4) is 0 Å². The highest BCUT2D eigenvalue weighted by atomic mass is 79.9. The van der Waals surface area contributed by atoms with E-state index in [1.165, 1.54) is 13.0 Å². The van der Waals surface area contributed by atoms with E-state index < -0.39 is 18.0 Å².